The second-order valence-corrected chi connectivity index (χ2v) is 10.2. The third-order valence-electron chi connectivity index (χ3n) is 6.43. The molecule has 1 atom stereocenters. The molecule has 2 amide bonds. The first-order chi connectivity index (χ1) is 18.0. The highest BCUT2D eigenvalue weighted by Gasteiger charge is 2.40. The number of pyridine rings is 1. The number of carbonyl (C=O) groups is 1. The van der Waals surface area contributed by atoms with Crippen LogP contribution in [0.3, 0.4) is 0 Å². The third-order valence-corrected chi connectivity index (χ3v) is 6.93. The summed E-state index contributed by atoms with van der Waals surface area (Å²) in [5.74, 6) is 0.525. The molecule has 10 heteroatoms. The number of amidine groups is 1. The van der Waals surface area contributed by atoms with Crippen LogP contribution < -0.4 is 25.8 Å². The quantitative estimate of drug-likeness (QED) is 0.334. The number of ether oxygens (including phenoxy) is 1. The van der Waals surface area contributed by atoms with Crippen LogP contribution in [0.25, 0.3) is 0 Å². The molecular weight excluding hydrogens is 525 g/mol. The molecule has 1 saturated heterocycles. The van der Waals surface area contributed by atoms with Gasteiger partial charge in [0.1, 0.15) is 16.6 Å². The highest BCUT2D eigenvalue weighted by molar-refractivity contribution is 6.31. The summed E-state index contributed by atoms with van der Waals surface area (Å²) in [4.78, 5) is 27.4. The molecule has 0 bridgehead atoms. The fraction of sp³-hybridized carbons (Fsp3) is 0.250. The Morgan fingerprint density at radius 2 is 1.84 bits per heavy atom. The van der Waals surface area contributed by atoms with Gasteiger partial charge in [0, 0.05) is 29.5 Å². The highest BCUT2D eigenvalue weighted by Crippen LogP contribution is 2.41. The SMILES string of the molecule is COc1ccccc1N/C(=C1\C(=N)NC(=O)N(c2cc(Cl)c(=O)n(C)c2)C1c1ccc(Cl)cc1C)C(C)C. The summed E-state index contributed by atoms with van der Waals surface area (Å²) in [6.07, 6.45) is 1.56. The van der Waals surface area contributed by atoms with Crippen molar-refractivity contribution in [3.63, 3.8) is 0 Å². The molecule has 2 heterocycles. The van der Waals surface area contributed by atoms with Crippen molar-refractivity contribution in [3.05, 3.63) is 97.5 Å². The Hall–Kier alpha value is -3.75. The predicted molar refractivity (Wildman–Crippen MR) is 153 cm³/mol. The van der Waals surface area contributed by atoms with Crippen molar-refractivity contribution in [2.75, 3.05) is 17.3 Å². The number of carbonyl (C=O) groups excluding carboxylic acids is 1. The second-order valence-electron chi connectivity index (χ2n) is 9.35. The Morgan fingerprint density at radius 1 is 1.13 bits per heavy atom. The topological polar surface area (TPSA) is 99.5 Å². The first kappa shape index (κ1) is 27.3. The molecule has 0 spiro atoms. The van der Waals surface area contributed by atoms with E-state index in [-0.39, 0.29) is 22.3 Å². The standard InChI is InChI=1S/C28H29Cl2N5O3/c1-15(2)24(32-21-8-6-7-9-22(21)38-5)23-25(19-11-10-17(29)12-16(19)3)35(28(37)33-26(23)31)18-13-20(30)27(36)34(4)14-18/h6-15,25,32H,1-5H3,(H2,31,33,37)/b24-23-. The minimum absolute atomic E-state index is 0.0215. The average molecular weight is 554 g/mol. The minimum Gasteiger partial charge on any atom is -0.495 e. The fourth-order valence-corrected chi connectivity index (χ4v) is 5.08. The molecule has 1 aliphatic rings. The number of aryl methyl sites for hydroxylation is 2. The molecule has 0 aliphatic carbocycles. The van der Waals surface area contributed by atoms with Crippen molar-refractivity contribution in [3.8, 4) is 5.75 Å². The molecule has 3 aromatic rings. The Labute approximate surface area is 231 Å². The van der Waals surface area contributed by atoms with E-state index in [1.165, 1.54) is 15.5 Å². The van der Waals surface area contributed by atoms with Gasteiger partial charge in [-0.25, -0.2) is 4.79 Å². The van der Waals surface area contributed by atoms with Crippen LogP contribution >= 0.6 is 23.2 Å². The number of allylic oxidation sites excluding steroid dienone is 1. The van der Waals surface area contributed by atoms with Crippen LogP contribution in [0.15, 0.2) is 70.8 Å². The number of rotatable bonds is 6. The number of urea groups is 1. The number of amides is 2. The summed E-state index contributed by atoms with van der Waals surface area (Å²) in [7, 11) is 3.17. The second kappa shape index (κ2) is 10.9. The van der Waals surface area contributed by atoms with E-state index in [1.54, 1.807) is 26.4 Å². The van der Waals surface area contributed by atoms with Crippen molar-refractivity contribution in [2.24, 2.45) is 13.0 Å². The predicted octanol–water partition coefficient (Wildman–Crippen LogP) is 6.28. The molecule has 0 radical (unpaired) electrons. The molecule has 1 aromatic heterocycles. The van der Waals surface area contributed by atoms with E-state index < -0.39 is 12.1 Å². The van der Waals surface area contributed by atoms with Gasteiger partial charge in [0.05, 0.1) is 24.5 Å². The molecule has 0 saturated carbocycles. The lowest BCUT2D eigenvalue weighted by Gasteiger charge is -2.40. The number of methoxy groups -OCH3 is 1. The van der Waals surface area contributed by atoms with Crippen LogP contribution in [0.1, 0.15) is 31.0 Å². The lowest BCUT2D eigenvalue weighted by molar-refractivity contribution is 0.247. The van der Waals surface area contributed by atoms with Crippen LogP contribution in [0.4, 0.5) is 16.2 Å². The summed E-state index contributed by atoms with van der Waals surface area (Å²) in [5, 5.41) is 15.6. The Morgan fingerprint density at radius 3 is 2.47 bits per heavy atom. The van der Waals surface area contributed by atoms with Crippen molar-refractivity contribution in [1.29, 1.82) is 5.41 Å². The molecule has 1 unspecified atom stereocenters. The van der Waals surface area contributed by atoms with Crippen LogP contribution in [0, 0.1) is 18.3 Å². The number of aromatic nitrogens is 1. The zero-order chi connectivity index (χ0) is 27.7. The molecule has 38 heavy (non-hydrogen) atoms. The van der Waals surface area contributed by atoms with Crippen molar-refractivity contribution >= 4 is 46.4 Å². The first-order valence-corrected chi connectivity index (χ1v) is 12.7. The van der Waals surface area contributed by atoms with Gasteiger partial charge < -0.3 is 14.6 Å². The zero-order valence-electron chi connectivity index (χ0n) is 21.7. The maximum Gasteiger partial charge on any atom is 0.328 e. The van der Waals surface area contributed by atoms with Gasteiger partial charge in [0.2, 0.25) is 0 Å². The van der Waals surface area contributed by atoms with E-state index in [2.05, 4.69) is 10.6 Å². The lowest BCUT2D eigenvalue weighted by Crippen LogP contribution is -2.53. The van der Waals surface area contributed by atoms with E-state index >= 15 is 0 Å². The minimum atomic E-state index is -0.735. The van der Waals surface area contributed by atoms with Crippen molar-refractivity contribution in [1.82, 2.24) is 9.88 Å². The summed E-state index contributed by atoms with van der Waals surface area (Å²) in [6.45, 7) is 5.92. The molecule has 8 nitrogen and oxygen atoms in total. The zero-order valence-corrected chi connectivity index (χ0v) is 23.2. The molecule has 198 valence electrons. The number of nitrogens with zero attached hydrogens (tertiary/aromatic N) is 2. The van der Waals surface area contributed by atoms with Gasteiger partial charge in [-0.1, -0.05) is 55.2 Å². The number of anilines is 2. The molecule has 1 fully saturated rings. The normalized spacial score (nSPS) is 16.9. The number of halogens is 2. The lowest BCUT2D eigenvalue weighted by atomic mass is 9.87. The molecule has 2 aromatic carbocycles. The average Bonchev–Trinajstić information content (AvgIpc) is 2.86. The maximum absolute atomic E-state index is 13.5. The summed E-state index contributed by atoms with van der Waals surface area (Å²) >= 11 is 12.5. The largest absolute Gasteiger partial charge is 0.495 e. The van der Waals surface area contributed by atoms with Gasteiger partial charge in [0.15, 0.2) is 0 Å². The van der Waals surface area contributed by atoms with Crippen molar-refractivity contribution in [2.45, 2.75) is 26.8 Å². The Balaban J connectivity index is 2.03. The number of hydrogen-bond donors (Lipinski definition) is 3. The highest BCUT2D eigenvalue weighted by atomic mass is 35.5. The van der Waals surface area contributed by atoms with E-state index in [1.807, 2.05) is 57.2 Å². The van der Waals surface area contributed by atoms with Crippen molar-refractivity contribution < 1.29 is 9.53 Å². The number of para-hydroxylation sites is 2. The van der Waals surface area contributed by atoms with E-state index in [0.717, 1.165) is 22.5 Å². The van der Waals surface area contributed by atoms with E-state index in [9.17, 15) is 9.59 Å². The van der Waals surface area contributed by atoms with Crippen LogP contribution in [0.5, 0.6) is 5.75 Å². The van der Waals surface area contributed by atoms with E-state index in [4.69, 9.17) is 33.3 Å². The molecule has 4 rings (SSSR count). The Kier molecular flexibility index (Phi) is 7.85. The van der Waals surface area contributed by atoms with Gasteiger partial charge >= 0.3 is 6.03 Å². The number of nitrogens with one attached hydrogen (secondary N) is 3. The first-order valence-electron chi connectivity index (χ1n) is 12.0. The summed E-state index contributed by atoms with van der Waals surface area (Å²) in [5.41, 5.74) is 3.63. The summed E-state index contributed by atoms with van der Waals surface area (Å²) < 4.78 is 6.88. The number of hydrogen-bond acceptors (Lipinski definition) is 5. The van der Waals surface area contributed by atoms with Gasteiger partial charge in [-0.15, -0.1) is 0 Å². The fourth-order valence-electron chi connectivity index (χ4n) is 4.61. The summed E-state index contributed by atoms with van der Waals surface area (Å²) in [6, 6.07) is 13.1. The van der Waals surface area contributed by atoms with Gasteiger partial charge in [0.25, 0.3) is 5.56 Å². The third kappa shape index (κ3) is 5.14. The van der Waals surface area contributed by atoms with E-state index in [0.29, 0.717) is 22.0 Å². The molecular formula is C28H29Cl2N5O3. The smallest absolute Gasteiger partial charge is 0.328 e. The van der Waals surface area contributed by atoms with Crippen LogP contribution in [-0.4, -0.2) is 23.5 Å². The number of benzene rings is 2. The Bertz CT molecular complexity index is 1490. The monoisotopic (exact) mass is 553 g/mol. The maximum atomic E-state index is 13.5. The molecule has 3 N–H and O–H groups in total. The van der Waals surface area contributed by atoms with Crippen LogP contribution in [-0.2, 0) is 7.05 Å². The van der Waals surface area contributed by atoms with Gasteiger partial charge in [-0.3, -0.25) is 20.4 Å². The van der Waals surface area contributed by atoms with Gasteiger partial charge in [-0.2, -0.15) is 0 Å². The molecule has 1 aliphatic heterocycles. The van der Waals surface area contributed by atoms with Crippen LogP contribution in [0.2, 0.25) is 10.0 Å². The van der Waals surface area contributed by atoms with Gasteiger partial charge in [-0.05, 0) is 54.3 Å².